The normalized spacial score (nSPS) is 22.0. The summed E-state index contributed by atoms with van der Waals surface area (Å²) < 4.78 is 22.6. The number of carbonyl (C=O) groups excluding carboxylic acids is 4. The maximum absolute atomic E-state index is 13.2. The molecule has 0 aliphatic carbocycles. The zero-order valence-corrected chi connectivity index (χ0v) is 78.5. The number of Topliss-reactive ketones (excluding diaryl/α,β-unsaturated/α-hetero) is 1. The predicted molar refractivity (Wildman–Crippen MR) is 463 cm³/mol. The Labute approximate surface area is 682 Å². The zero-order valence-electron chi connectivity index (χ0n) is 73.6. The summed E-state index contributed by atoms with van der Waals surface area (Å²) in [6.07, 6.45) is 5.40. The molecular weight excluding hydrogens is 1480 g/mol. The first-order valence-corrected chi connectivity index (χ1v) is 45.2. The average Bonchev–Trinajstić information content (AvgIpc) is 1.61. The number of pyridine rings is 2. The van der Waals surface area contributed by atoms with Gasteiger partial charge in [-0.15, -0.1) is 11.3 Å². The van der Waals surface area contributed by atoms with Crippen molar-refractivity contribution in [1.29, 1.82) is 0 Å². The molecule has 108 heavy (non-hydrogen) atoms. The Morgan fingerprint density at radius 2 is 1.12 bits per heavy atom. The first-order valence-electron chi connectivity index (χ1n) is 39.3. The standard InChI is InChI=1S/C27H42N2O5S.C21H35NO3S2.C14H27ClO2.C13H28O.C7H9NOS2.2C2H6/c1-15-9-8-10-27(7)22(34-27)12-20(16(2)11-19-14-35-18(4)28-19)29-23(31)13-21(30)26(5,6)25(33)17(3)24(15)32;1-15(20(3,4)5)18(16(2)21(6,7)8)25-19(23)24-13-14-26-27-17-11-9-10-12-22-17;1-9(13(3,4)5)11(17-12(15)16)10(2)14(6,7)8;1-9(12(3,4)5)11(14)10(2)13(6,7)8;9-5-6-10-11-7-3-1-2-4-8-7;2*1-2/h11,14-15,17,20-22,24,30,32H,8-10,12-13H2,1-7H3,(H,29,31);9-12,15-16,18H,13-14H2,1-8H3;9-11H,1-8H3;9-11,14H,1-8H3;1-4,9H,5-6H2;2*1-2H3/b16-11+;;;;;;/t15-,17+,20?,21-,22?,24-,27+;15-,16-;2*9-,10-;;;/m0111.../s1. The SMILES string of the molecule is C/C(=C\c1csc(C)n1)C1CC2O[C@]2(C)CCC[C@H](C)[C@H](O)[C@@H](C)C(=O)C(C)(C)[C@@H](O)CC(=O)N1.CC.CC.C[C@H](C(O)[C@@H](C)C(C)(C)C)C(C)(C)C.C[C@H](C(OC(=O)Cl)[C@@H](C)C(C)(C)C)C(C)(C)C.C[C@H](C(OC(=O)OCCSSc1ccccn1)[C@@H](C)C(C)(C)C)C(C)(C)C.OCCSSc1ccccn1. The molecule has 0 saturated carbocycles. The van der Waals surface area contributed by atoms with E-state index in [2.05, 4.69) is 193 Å². The number of ether oxygens (including phenoxy) is 4. The van der Waals surface area contributed by atoms with Crippen LogP contribution in [0.3, 0.4) is 0 Å². The van der Waals surface area contributed by atoms with Gasteiger partial charge in [-0.2, -0.15) is 0 Å². The third-order valence-corrected chi connectivity index (χ3v) is 27.2. The lowest BCUT2D eigenvalue weighted by Crippen LogP contribution is -2.47. The topological polar surface area (TPSA) is 240 Å². The van der Waals surface area contributed by atoms with Gasteiger partial charge in [0, 0.05) is 53.2 Å². The number of aryl methyl sites for hydroxylation is 1. The fraction of sp³-hybridized carbons (Fsp3) is 0.779. The Balaban J connectivity index is 0. The van der Waals surface area contributed by atoms with Crippen molar-refractivity contribution in [2.45, 2.75) is 333 Å². The van der Waals surface area contributed by atoms with Crippen LogP contribution in [0.4, 0.5) is 9.59 Å². The molecule has 3 aromatic heterocycles. The summed E-state index contributed by atoms with van der Waals surface area (Å²) in [4.78, 5) is 62.5. The van der Waals surface area contributed by atoms with Crippen molar-refractivity contribution in [3.63, 3.8) is 0 Å². The third kappa shape index (κ3) is 40.4. The second-order valence-corrected chi connectivity index (χ2v) is 42.4. The first-order chi connectivity index (χ1) is 49.4. The summed E-state index contributed by atoms with van der Waals surface area (Å²) >= 11 is 6.98. The third-order valence-electron chi connectivity index (χ3n) is 21.8. The van der Waals surface area contributed by atoms with Gasteiger partial charge < -0.3 is 44.7 Å². The van der Waals surface area contributed by atoms with Crippen LogP contribution in [0.25, 0.3) is 6.08 Å². The molecule has 2 aliphatic heterocycles. The highest BCUT2D eigenvalue weighted by molar-refractivity contribution is 8.77. The summed E-state index contributed by atoms with van der Waals surface area (Å²) in [5.74, 6) is 1.79. The highest BCUT2D eigenvalue weighted by Gasteiger charge is 2.53. The van der Waals surface area contributed by atoms with E-state index in [4.69, 9.17) is 35.7 Å². The van der Waals surface area contributed by atoms with E-state index in [1.54, 1.807) is 87.7 Å². The smallest absolute Gasteiger partial charge is 0.450 e. The summed E-state index contributed by atoms with van der Waals surface area (Å²) in [7, 11) is 6.39. The lowest BCUT2D eigenvalue weighted by molar-refractivity contribution is -0.143. The molecule has 0 aromatic carbocycles. The van der Waals surface area contributed by atoms with Crippen molar-refractivity contribution < 1.29 is 58.6 Å². The van der Waals surface area contributed by atoms with Gasteiger partial charge in [0.1, 0.15) is 34.6 Å². The van der Waals surface area contributed by atoms with Crippen molar-refractivity contribution >= 4 is 95.5 Å². The number of amides is 1. The maximum atomic E-state index is 13.2. The number of nitrogens with zero attached hydrogens (tertiary/aromatic N) is 3. The van der Waals surface area contributed by atoms with Gasteiger partial charge in [-0.3, -0.25) is 9.59 Å². The van der Waals surface area contributed by atoms with Crippen LogP contribution in [0.1, 0.15) is 278 Å². The Bertz CT molecular complexity index is 2950. The summed E-state index contributed by atoms with van der Waals surface area (Å²) in [6.45, 7) is 73.6. The number of carbonyl (C=O) groups is 4. The largest absolute Gasteiger partial charge is 0.508 e. The molecule has 2 saturated heterocycles. The molecule has 0 spiro atoms. The number of aliphatic hydroxyl groups excluding tert-OH is 4. The molecule has 5 heterocycles. The number of epoxide rings is 1. The minimum absolute atomic E-state index is 0.0170. The molecular formula is C86H153ClN4O12S5. The maximum Gasteiger partial charge on any atom is 0.508 e. The number of nitrogens with one attached hydrogen (secondary N) is 1. The molecule has 16 nitrogen and oxygen atoms in total. The van der Waals surface area contributed by atoms with E-state index in [9.17, 15) is 34.5 Å². The van der Waals surface area contributed by atoms with E-state index < -0.39 is 35.1 Å². The first kappa shape index (κ1) is 107. The van der Waals surface area contributed by atoms with Crippen LogP contribution >= 0.6 is 66.1 Å². The summed E-state index contributed by atoms with van der Waals surface area (Å²) in [5.41, 5.74) is 0.305. The number of fused-ring (bicyclic) bond motifs is 1. The number of ketones is 1. The number of thiazole rings is 1. The zero-order chi connectivity index (χ0) is 84.5. The molecule has 0 bridgehead atoms. The molecule has 1 amide bonds. The van der Waals surface area contributed by atoms with E-state index in [1.807, 2.05) is 96.3 Å². The number of aliphatic hydroxyl groups is 4. The van der Waals surface area contributed by atoms with Crippen LogP contribution in [0, 0.1) is 92.2 Å². The minimum atomic E-state index is -1.17. The molecule has 13 atom stereocenters. The lowest BCUT2D eigenvalue weighted by atomic mass is 9.69. The minimum Gasteiger partial charge on any atom is -0.450 e. The average molecular weight is 1630 g/mol. The number of hydrogen-bond acceptors (Lipinski definition) is 20. The van der Waals surface area contributed by atoms with Crippen LogP contribution in [0.2, 0.25) is 0 Å². The van der Waals surface area contributed by atoms with Gasteiger partial charge in [0.2, 0.25) is 5.91 Å². The Morgan fingerprint density at radius 3 is 1.50 bits per heavy atom. The molecule has 626 valence electrons. The van der Waals surface area contributed by atoms with Crippen molar-refractivity contribution in [2.24, 2.45) is 85.2 Å². The van der Waals surface area contributed by atoms with Crippen molar-refractivity contribution in [2.75, 3.05) is 24.7 Å². The monoisotopic (exact) mass is 1630 g/mol. The van der Waals surface area contributed by atoms with E-state index in [1.165, 1.54) is 0 Å². The van der Waals surface area contributed by atoms with Crippen molar-refractivity contribution in [3.8, 4) is 0 Å². The number of aromatic nitrogens is 3. The van der Waals surface area contributed by atoms with Crippen LogP contribution in [-0.4, -0.2) is 132 Å². The molecule has 2 fully saturated rings. The lowest BCUT2D eigenvalue weighted by Gasteiger charge is -2.41. The summed E-state index contributed by atoms with van der Waals surface area (Å²) in [5, 5.41) is 48.5. The van der Waals surface area contributed by atoms with Gasteiger partial charge in [-0.05, 0) is 165 Å². The number of halogens is 1. The van der Waals surface area contributed by atoms with Gasteiger partial charge in [-0.1, -0.05) is 262 Å². The van der Waals surface area contributed by atoms with Crippen LogP contribution in [0.15, 0.2) is 69.8 Å². The van der Waals surface area contributed by atoms with E-state index in [-0.39, 0.29) is 123 Å². The molecule has 5 N–H and O–H groups in total. The van der Waals surface area contributed by atoms with Crippen LogP contribution in [0.5, 0.6) is 0 Å². The Hall–Kier alpha value is -2.96. The predicted octanol–water partition coefficient (Wildman–Crippen LogP) is 23.4. The fourth-order valence-corrected chi connectivity index (χ4v) is 15.4. The van der Waals surface area contributed by atoms with Gasteiger partial charge in [0.25, 0.3) is 0 Å². The van der Waals surface area contributed by atoms with Gasteiger partial charge in [-0.25, -0.2) is 24.5 Å². The summed E-state index contributed by atoms with van der Waals surface area (Å²) in [6, 6.07) is 11.3. The van der Waals surface area contributed by atoms with Crippen molar-refractivity contribution in [1.82, 2.24) is 20.3 Å². The van der Waals surface area contributed by atoms with Crippen molar-refractivity contribution in [3.05, 3.63) is 70.4 Å². The fourth-order valence-electron chi connectivity index (χ4n) is 11.3. The van der Waals surface area contributed by atoms with E-state index in [0.29, 0.717) is 30.6 Å². The second kappa shape index (κ2) is 49.7. The van der Waals surface area contributed by atoms with Crippen LogP contribution in [-0.2, 0) is 28.5 Å². The molecule has 2 unspecified atom stereocenters. The van der Waals surface area contributed by atoms with E-state index >= 15 is 0 Å². The Kier molecular flexibility index (Phi) is 49.3. The van der Waals surface area contributed by atoms with Gasteiger partial charge in [0.05, 0.1) is 65.2 Å². The van der Waals surface area contributed by atoms with E-state index in [0.717, 1.165) is 51.3 Å². The number of rotatable bonds is 19. The second-order valence-electron chi connectivity index (χ2n) is 36.2. The van der Waals surface area contributed by atoms with Crippen LogP contribution < -0.4 is 5.32 Å². The molecule has 3 aromatic rings. The molecule has 2 aliphatic rings. The Morgan fingerprint density at radius 1 is 0.694 bits per heavy atom. The highest BCUT2D eigenvalue weighted by atomic mass is 35.5. The molecule has 5 rings (SSSR count). The van der Waals surface area contributed by atoms with Gasteiger partial charge in [0.15, 0.2) is 0 Å². The highest BCUT2D eigenvalue weighted by Crippen LogP contribution is 2.46. The quantitative estimate of drug-likeness (QED) is 0.0246. The molecule has 22 heteroatoms. The van der Waals surface area contributed by atoms with Gasteiger partial charge >= 0.3 is 11.6 Å². The number of hydrogen-bond donors (Lipinski definition) is 5. The molecule has 0 radical (unpaired) electrons.